The molecular weight excluding hydrogens is 510 g/mol. The van der Waals surface area contributed by atoms with Gasteiger partial charge in [-0.1, -0.05) is 35.1 Å². The lowest BCUT2D eigenvalue weighted by Crippen LogP contribution is -2.39. The normalized spacial score (nSPS) is 14.6. The third-order valence-electron chi connectivity index (χ3n) is 6.35. The van der Waals surface area contributed by atoms with E-state index in [-0.39, 0.29) is 24.5 Å². The molecule has 1 amide bonds. The van der Waals surface area contributed by atoms with Crippen molar-refractivity contribution in [1.29, 1.82) is 0 Å². The third-order valence-corrected chi connectivity index (χ3v) is 9.21. The van der Waals surface area contributed by atoms with Crippen LogP contribution >= 0.6 is 11.3 Å². The zero-order valence-corrected chi connectivity index (χ0v) is 23.2. The number of nitrogens with zero attached hydrogens (tertiary/aromatic N) is 3. The Balaban J connectivity index is 1.46. The maximum absolute atomic E-state index is 13.4. The van der Waals surface area contributed by atoms with Crippen molar-refractivity contribution in [1.82, 2.24) is 9.88 Å². The van der Waals surface area contributed by atoms with Gasteiger partial charge in [0.15, 0.2) is 15.0 Å². The van der Waals surface area contributed by atoms with Crippen LogP contribution in [0, 0.1) is 6.92 Å². The van der Waals surface area contributed by atoms with Gasteiger partial charge in [-0.25, -0.2) is 13.4 Å². The molecule has 1 fully saturated rings. The first-order chi connectivity index (χ1) is 17.9. The van der Waals surface area contributed by atoms with Gasteiger partial charge in [0.05, 0.1) is 35.2 Å². The SMILES string of the molecule is CCOc1cccc2sc(N(CCCN3CCOCC3)C(=O)CCCS(=O)(=O)c3ccc(C)cc3)nc12. The number of hydrogen-bond acceptors (Lipinski definition) is 8. The first-order valence-corrected chi connectivity index (χ1v) is 15.3. The second-order valence-electron chi connectivity index (χ2n) is 9.12. The fourth-order valence-electron chi connectivity index (χ4n) is 4.32. The van der Waals surface area contributed by atoms with Crippen molar-refractivity contribution < 1.29 is 22.7 Å². The molecule has 200 valence electrons. The molecule has 3 aromatic rings. The van der Waals surface area contributed by atoms with Gasteiger partial charge in [0.2, 0.25) is 5.91 Å². The van der Waals surface area contributed by atoms with Crippen molar-refractivity contribution in [3.63, 3.8) is 0 Å². The van der Waals surface area contributed by atoms with E-state index in [1.54, 1.807) is 29.2 Å². The zero-order valence-electron chi connectivity index (χ0n) is 21.5. The van der Waals surface area contributed by atoms with Crippen molar-refractivity contribution in [2.24, 2.45) is 0 Å². The van der Waals surface area contributed by atoms with Gasteiger partial charge in [-0.05, 0) is 51.0 Å². The highest BCUT2D eigenvalue weighted by Gasteiger charge is 2.23. The van der Waals surface area contributed by atoms with Gasteiger partial charge in [0.1, 0.15) is 11.3 Å². The van der Waals surface area contributed by atoms with Crippen LogP contribution in [0.5, 0.6) is 5.75 Å². The fourth-order valence-corrected chi connectivity index (χ4v) is 6.65. The Morgan fingerprint density at radius 1 is 1.14 bits per heavy atom. The Morgan fingerprint density at radius 2 is 1.89 bits per heavy atom. The van der Waals surface area contributed by atoms with Gasteiger partial charge in [-0.15, -0.1) is 0 Å². The van der Waals surface area contributed by atoms with Crippen LogP contribution < -0.4 is 9.64 Å². The second kappa shape index (κ2) is 12.8. The summed E-state index contributed by atoms with van der Waals surface area (Å²) >= 11 is 1.46. The number of ether oxygens (including phenoxy) is 2. The first kappa shape index (κ1) is 27.5. The van der Waals surface area contributed by atoms with E-state index in [0.717, 1.165) is 55.0 Å². The molecule has 0 radical (unpaired) electrons. The average molecular weight is 546 g/mol. The number of aromatic nitrogens is 1. The minimum atomic E-state index is -3.45. The quantitative estimate of drug-likeness (QED) is 0.335. The molecule has 1 saturated heterocycles. The average Bonchev–Trinajstić information content (AvgIpc) is 3.32. The monoisotopic (exact) mass is 545 g/mol. The van der Waals surface area contributed by atoms with E-state index in [4.69, 9.17) is 14.5 Å². The van der Waals surface area contributed by atoms with Crippen molar-refractivity contribution in [3.05, 3.63) is 48.0 Å². The Labute approximate surface area is 223 Å². The molecule has 4 rings (SSSR count). The summed E-state index contributed by atoms with van der Waals surface area (Å²) in [5.74, 6) is 0.517. The van der Waals surface area contributed by atoms with Gasteiger partial charge in [0.25, 0.3) is 0 Å². The zero-order chi connectivity index (χ0) is 26.3. The lowest BCUT2D eigenvalue weighted by atomic mass is 10.2. The number of morpholine rings is 1. The van der Waals surface area contributed by atoms with Crippen LogP contribution in [0.2, 0.25) is 0 Å². The molecule has 1 aliphatic heterocycles. The number of hydrogen-bond donors (Lipinski definition) is 0. The number of benzene rings is 2. The molecule has 10 heteroatoms. The molecule has 37 heavy (non-hydrogen) atoms. The molecule has 0 unspecified atom stereocenters. The number of amides is 1. The topological polar surface area (TPSA) is 89.0 Å². The Kier molecular flexibility index (Phi) is 9.53. The number of aryl methyl sites for hydroxylation is 1. The molecule has 0 atom stereocenters. The maximum atomic E-state index is 13.4. The van der Waals surface area contributed by atoms with Crippen molar-refractivity contribution in [2.45, 2.75) is 38.0 Å². The lowest BCUT2D eigenvalue weighted by molar-refractivity contribution is -0.118. The Bertz CT molecular complexity index is 1290. The summed E-state index contributed by atoms with van der Waals surface area (Å²) in [5.41, 5.74) is 1.75. The van der Waals surface area contributed by atoms with Crippen LogP contribution in [0.4, 0.5) is 5.13 Å². The number of anilines is 1. The number of sulfone groups is 1. The van der Waals surface area contributed by atoms with Gasteiger partial charge < -0.3 is 9.47 Å². The first-order valence-electron chi connectivity index (χ1n) is 12.8. The molecule has 1 aromatic heterocycles. The summed E-state index contributed by atoms with van der Waals surface area (Å²) in [6.45, 7) is 9.01. The van der Waals surface area contributed by atoms with Crippen LogP contribution in [0.15, 0.2) is 47.4 Å². The predicted molar refractivity (Wildman–Crippen MR) is 147 cm³/mol. The largest absolute Gasteiger partial charge is 0.492 e. The molecule has 2 heterocycles. The minimum absolute atomic E-state index is 0.0717. The smallest absolute Gasteiger partial charge is 0.228 e. The number of carbonyl (C=O) groups excluding carboxylic acids is 1. The van der Waals surface area contributed by atoms with Crippen LogP contribution in [0.3, 0.4) is 0 Å². The van der Waals surface area contributed by atoms with Gasteiger partial charge in [-0.2, -0.15) is 0 Å². The number of thiazole rings is 1. The number of para-hydroxylation sites is 1. The maximum Gasteiger partial charge on any atom is 0.228 e. The molecule has 2 aromatic carbocycles. The summed E-state index contributed by atoms with van der Waals surface area (Å²) in [6, 6.07) is 12.6. The van der Waals surface area contributed by atoms with Gasteiger partial charge in [0, 0.05) is 32.6 Å². The summed E-state index contributed by atoms with van der Waals surface area (Å²) in [4.78, 5) is 22.5. The number of fused-ring (bicyclic) bond motifs is 1. The van der Waals surface area contributed by atoms with E-state index >= 15 is 0 Å². The molecule has 0 N–H and O–H groups in total. The summed E-state index contributed by atoms with van der Waals surface area (Å²) in [5, 5.41) is 0.621. The number of rotatable bonds is 12. The lowest BCUT2D eigenvalue weighted by Gasteiger charge is -2.27. The van der Waals surface area contributed by atoms with Crippen LogP contribution in [0.1, 0.15) is 31.7 Å². The Morgan fingerprint density at radius 3 is 2.62 bits per heavy atom. The van der Waals surface area contributed by atoms with Crippen LogP contribution in [0.25, 0.3) is 10.2 Å². The van der Waals surface area contributed by atoms with Crippen molar-refractivity contribution in [2.75, 3.05) is 56.7 Å². The van der Waals surface area contributed by atoms with E-state index in [1.807, 2.05) is 32.0 Å². The molecule has 8 nitrogen and oxygen atoms in total. The van der Waals surface area contributed by atoms with Gasteiger partial charge in [-0.3, -0.25) is 14.6 Å². The summed E-state index contributed by atoms with van der Waals surface area (Å²) < 4.78 is 37.7. The van der Waals surface area contributed by atoms with E-state index in [9.17, 15) is 13.2 Å². The van der Waals surface area contributed by atoms with E-state index in [1.165, 1.54) is 11.3 Å². The standard InChI is InChI=1S/C27H35N3O5S2/c1-3-35-23-7-4-8-24-26(23)28-27(36-24)30(15-6-14-29-16-18-34-19-17-29)25(31)9-5-20-37(32,33)22-12-10-21(2)11-13-22/h4,7-8,10-13H,3,5-6,9,14-20H2,1-2H3. The predicted octanol–water partition coefficient (Wildman–Crippen LogP) is 4.31. The van der Waals surface area contributed by atoms with Crippen LogP contribution in [-0.4, -0.2) is 76.0 Å². The highest BCUT2D eigenvalue weighted by atomic mass is 32.2. The second-order valence-corrected chi connectivity index (χ2v) is 12.2. The molecule has 0 saturated carbocycles. The summed E-state index contributed by atoms with van der Waals surface area (Å²) in [6.07, 6.45) is 1.18. The molecule has 1 aliphatic rings. The number of carbonyl (C=O) groups is 1. The highest BCUT2D eigenvalue weighted by molar-refractivity contribution is 7.91. The molecule has 0 bridgehead atoms. The molecular formula is C27H35N3O5S2. The molecule has 0 aliphatic carbocycles. The van der Waals surface area contributed by atoms with E-state index < -0.39 is 9.84 Å². The van der Waals surface area contributed by atoms with Crippen molar-refractivity contribution >= 4 is 42.4 Å². The third kappa shape index (κ3) is 7.28. The van der Waals surface area contributed by atoms with Gasteiger partial charge >= 0.3 is 0 Å². The molecule has 0 spiro atoms. The van der Waals surface area contributed by atoms with Crippen LogP contribution in [-0.2, 0) is 19.4 Å². The van der Waals surface area contributed by atoms with E-state index in [0.29, 0.717) is 28.9 Å². The summed E-state index contributed by atoms with van der Waals surface area (Å²) in [7, 11) is -3.45. The highest BCUT2D eigenvalue weighted by Crippen LogP contribution is 2.34. The fraction of sp³-hybridized carbons (Fsp3) is 0.481. The van der Waals surface area contributed by atoms with Crippen molar-refractivity contribution in [3.8, 4) is 5.75 Å². The minimum Gasteiger partial charge on any atom is -0.492 e. The van der Waals surface area contributed by atoms with E-state index in [2.05, 4.69) is 4.90 Å². The Hall–Kier alpha value is -2.53.